The van der Waals surface area contributed by atoms with Gasteiger partial charge >= 0.3 is 0 Å². The van der Waals surface area contributed by atoms with E-state index in [1.165, 1.54) is 0 Å². The number of rotatable bonds is 2. The minimum Gasteiger partial charge on any atom is -0.375 e. The highest BCUT2D eigenvalue weighted by atomic mass is 32.2. The summed E-state index contributed by atoms with van der Waals surface area (Å²) < 4.78 is 29.9. The first kappa shape index (κ1) is 10.9. The maximum atomic E-state index is 10.6. The molecule has 0 spiro atoms. The van der Waals surface area contributed by atoms with Crippen LogP contribution in [-0.2, 0) is 10.1 Å². The van der Waals surface area contributed by atoms with Crippen LogP contribution in [0.3, 0.4) is 0 Å². The average molecular weight is 208 g/mol. The van der Waals surface area contributed by atoms with Crippen molar-refractivity contribution in [2.24, 2.45) is 11.8 Å². The smallest absolute Gasteiger partial charge is 0.292 e. The molecule has 13 heavy (non-hydrogen) atoms. The second-order valence-corrected chi connectivity index (χ2v) is 5.44. The number of hydrogen-bond donors (Lipinski definition) is 2. The van der Waals surface area contributed by atoms with Gasteiger partial charge in [0.25, 0.3) is 10.1 Å². The molecule has 0 aromatic carbocycles. The zero-order chi connectivity index (χ0) is 10.1. The van der Waals surface area contributed by atoms with Crippen LogP contribution in [0.4, 0.5) is 0 Å². The van der Waals surface area contributed by atoms with Gasteiger partial charge in [-0.15, -0.1) is 0 Å². The van der Waals surface area contributed by atoms with Gasteiger partial charge in [-0.05, 0) is 18.8 Å². The molecule has 0 aliphatic heterocycles. The molecule has 1 saturated carbocycles. The van der Waals surface area contributed by atoms with Crippen LogP contribution in [0.2, 0.25) is 0 Å². The summed E-state index contributed by atoms with van der Waals surface area (Å²) in [6.07, 6.45) is 3.22. The Balaban J connectivity index is 2.55. The van der Waals surface area contributed by atoms with Crippen molar-refractivity contribution in [3.05, 3.63) is 0 Å². The fraction of sp³-hybridized carbons (Fsp3) is 1.00. The minimum absolute atomic E-state index is 0.286. The summed E-state index contributed by atoms with van der Waals surface area (Å²) in [5.41, 5.74) is -1.58. The Morgan fingerprint density at radius 2 is 1.69 bits per heavy atom. The van der Waals surface area contributed by atoms with Gasteiger partial charge in [-0.3, -0.25) is 4.55 Å². The van der Waals surface area contributed by atoms with Gasteiger partial charge in [0.2, 0.25) is 0 Å². The Morgan fingerprint density at radius 3 is 2.08 bits per heavy atom. The molecule has 0 aromatic heterocycles. The van der Waals surface area contributed by atoms with Crippen LogP contribution in [0.1, 0.15) is 32.6 Å². The highest BCUT2D eigenvalue weighted by molar-refractivity contribution is 7.86. The van der Waals surface area contributed by atoms with Gasteiger partial charge < -0.3 is 5.11 Å². The van der Waals surface area contributed by atoms with Crippen molar-refractivity contribution in [2.45, 2.75) is 38.0 Å². The van der Waals surface area contributed by atoms with Crippen LogP contribution in [0.15, 0.2) is 0 Å². The van der Waals surface area contributed by atoms with Gasteiger partial charge in [0.15, 0.2) is 5.44 Å². The highest BCUT2D eigenvalue weighted by Crippen LogP contribution is 2.31. The van der Waals surface area contributed by atoms with E-state index in [9.17, 15) is 13.5 Å². The van der Waals surface area contributed by atoms with Gasteiger partial charge in [-0.1, -0.05) is 19.8 Å². The molecule has 78 valence electrons. The molecular formula is C8H16O4S. The minimum atomic E-state index is -4.26. The molecule has 1 aliphatic carbocycles. The second kappa shape index (κ2) is 3.94. The van der Waals surface area contributed by atoms with Crippen molar-refractivity contribution in [2.75, 3.05) is 0 Å². The van der Waals surface area contributed by atoms with Crippen molar-refractivity contribution in [3.8, 4) is 0 Å². The van der Waals surface area contributed by atoms with Crippen LogP contribution in [0.25, 0.3) is 0 Å². The normalized spacial score (nSPS) is 32.8. The lowest BCUT2D eigenvalue weighted by molar-refractivity contribution is 0.127. The van der Waals surface area contributed by atoms with Crippen molar-refractivity contribution in [3.63, 3.8) is 0 Å². The number of aliphatic hydroxyl groups excluding tert-OH is 1. The monoisotopic (exact) mass is 208 g/mol. The first-order valence-electron chi connectivity index (χ1n) is 4.55. The standard InChI is InChI=1S/C8H16O4S/c1-6-2-4-7(5-3-6)8(9)13(10,11)12/h6-9H,2-5H2,1H3,(H,10,11,12). The van der Waals surface area contributed by atoms with E-state index in [1.54, 1.807) is 0 Å². The third kappa shape index (κ3) is 2.93. The van der Waals surface area contributed by atoms with E-state index >= 15 is 0 Å². The summed E-state index contributed by atoms with van der Waals surface area (Å²) in [4.78, 5) is 0. The first-order valence-corrected chi connectivity index (χ1v) is 6.06. The fourth-order valence-corrected chi connectivity index (χ4v) is 2.57. The van der Waals surface area contributed by atoms with Crippen molar-refractivity contribution >= 4 is 10.1 Å². The largest absolute Gasteiger partial charge is 0.375 e. The molecule has 1 rings (SSSR count). The van der Waals surface area contributed by atoms with Crippen molar-refractivity contribution in [1.82, 2.24) is 0 Å². The topological polar surface area (TPSA) is 74.6 Å². The number of hydrogen-bond acceptors (Lipinski definition) is 3. The summed E-state index contributed by atoms with van der Waals surface area (Å²) >= 11 is 0. The van der Waals surface area contributed by atoms with Crippen molar-refractivity contribution < 1.29 is 18.1 Å². The van der Waals surface area contributed by atoms with E-state index in [0.29, 0.717) is 18.8 Å². The second-order valence-electron chi connectivity index (χ2n) is 3.93. The van der Waals surface area contributed by atoms with Crippen LogP contribution in [0.5, 0.6) is 0 Å². The molecule has 1 atom stereocenters. The molecule has 0 aromatic rings. The lowest BCUT2D eigenvalue weighted by atomic mass is 9.83. The molecule has 1 fully saturated rings. The van der Waals surface area contributed by atoms with Gasteiger partial charge in [0.05, 0.1) is 0 Å². The van der Waals surface area contributed by atoms with E-state index in [4.69, 9.17) is 4.55 Å². The lowest BCUT2D eigenvalue weighted by Gasteiger charge is -2.28. The Morgan fingerprint density at radius 1 is 1.23 bits per heavy atom. The molecule has 2 N–H and O–H groups in total. The van der Waals surface area contributed by atoms with E-state index in [1.807, 2.05) is 0 Å². The third-order valence-electron chi connectivity index (χ3n) is 2.77. The van der Waals surface area contributed by atoms with Gasteiger partial charge in [-0.2, -0.15) is 8.42 Å². The van der Waals surface area contributed by atoms with Crippen LogP contribution in [0, 0.1) is 11.8 Å². The molecule has 4 nitrogen and oxygen atoms in total. The maximum absolute atomic E-state index is 10.6. The first-order chi connectivity index (χ1) is 5.91. The molecular weight excluding hydrogens is 192 g/mol. The third-order valence-corrected chi connectivity index (χ3v) is 3.76. The molecule has 1 unspecified atom stereocenters. The summed E-state index contributed by atoms with van der Waals surface area (Å²) in [6, 6.07) is 0. The van der Waals surface area contributed by atoms with Gasteiger partial charge in [-0.25, -0.2) is 0 Å². The zero-order valence-corrected chi connectivity index (χ0v) is 8.50. The molecule has 0 saturated heterocycles. The Labute approximate surface area is 78.7 Å². The summed E-state index contributed by atoms with van der Waals surface area (Å²) in [5.74, 6) is 0.316. The Hall–Kier alpha value is -0.130. The van der Waals surface area contributed by atoms with Crippen LogP contribution >= 0.6 is 0 Å². The van der Waals surface area contributed by atoms with Gasteiger partial charge in [0.1, 0.15) is 0 Å². The van der Waals surface area contributed by atoms with E-state index in [0.717, 1.165) is 12.8 Å². The molecule has 0 amide bonds. The lowest BCUT2D eigenvalue weighted by Crippen LogP contribution is -2.31. The molecule has 5 heteroatoms. The summed E-state index contributed by atoms with van der Waals surface area (Å²) in [5, 5.41) is 9.26. The number of aliphatic hydroxyl groups is 1. The summed E-state index contributed by atoms with van der Waals surface area (Å²) in [7, 11) is -4.26. The molecule has 1 aliphatic rings. The van der Waals surface area contributed by atoms with E-state index < -0.39 is 15.6 Å². The summed E-state index contributed by atoms with van der Waals surface area (Å²) in [6.45, 7) is 2.11. The maximum Gasteiger partial charge on any atom is 0.292 e. The predicted octanol–water partition coefficient (Wildman–Crippen LogP) is 1.02. The Bertz CT molecular complexity index is 251. The predicted molar refractivity (Wildman–Crippen MR) is 48.7 cm³/mol. The van der Waals surface area contributed by atoms with Crippen LogP contribution < -0.4 is 0 Å². The van der Waals surface area contributed by atoms with E-state index in [-0.39, 0.29) is 5.92 Å². The van der Waals surface area contributed by atoms with Crippen LogP contribution in [-0.4, -0.2) is 23.5 Å². The quantitative estimate of drug-likeness (QED) is 0.664. The fourth-order valence-electron chi connectivity index (χ4n) is 1.81. The molecule has 0 radical (unpaired) electrons. The molecule has 0 bridgehead atoms. The SMILES string of the molecule is CC1CCC(C(O)S(=O)(=O)O)CC1. The Kier molecular flexibility index (Phi) is 3.32. The molecule has 0 heterocycles. The van der Waals surface area contributed by atoms with E-state index in [2.05, 4.69) is 6.92 Å². The van der Waals surface area contributed by atoms with Gasteiger partial charge in [0, 0.05) is 5.92 Å². The highest BCUT2D eigenvalue weighted by Gasteiger charge is 2.32. The average Bonchev–Trinajstić information content (AvgIpc) is 2.03. The van der Waals surface area contributed by atoms with Crippen molar-refractivity contribution in [1.29, 1.82) is 0 Å². The zero-order valence-electron chi connectivity index (χ0n) is 7.68.